The number of esters is 2. The van der Waals surface area contributed by atoms with Gasteiger partial charge in [-0.05, 0) is 26.0 Å². The second-order valence-electron chi connectivity index (χ2n) is 4.02. The lowest BCUT2D eigenvalue weighted by Gasteiger charge is -2.21. The summed E-state index contributed by atoms with van der Waals surface area (Å²) in [5.74, 6) is -4.55. The lowest BCUT2D eigenvalue weighted by Crippen LogP contribution is -2.42. The fourth-order valence-electron chi connectivity index (χ4n) is 1.65. The van der Waals surface area contributed by atoms with E-state index in [1.165, 1.54) is 13.8 Å². The van der Waals surface area contributed by atoms with E-state index in [2.05, 4.69) is 9.47 Å². The van der Waals surface area contributed by atoms with Crippen LogP contribution in [0.2, 0.25) is 0 Å². The van der Waals surface area contributed by atoms with Crippen LogP contribution in [0, 0.1) is 15.9 Å². The molecule has 0 N–H and O–H groups in total. The number of carbonyl (C=O) groups excluding carboxylic acids is 2. The Morgan fingerprint density at radius 2 is 1.73 bits per heavy atom. The first kappa shape index (κ1) is 17.5. The summed E-state index contributed by atoms with van der Waals surface area (Å²) in [6.45, 7) is 2.33. The van der Waals surface area contributed by atoms with Crippen LogP contribution in [-0.2, 0) is 24.7 Å². The first-order chi connectivity index (χ1) is 10.3. The van der Waals surface area contributed by atoms with E-state index >= 15 is 0 Å². The highest BCUT2D eigenvalue weighted by molar-refractivity contribution is 6.04. The van der Waals surface area contributed by atoms with Gasteiger partial charge in [0.1, 0.15) is 0 Å². The van der Waals surface area contributed by atoms with Crippen LogP contribution in [0.4, 0.5) is 14.5 Å². The third-order valence-corrected chi connectivity index (χ3v) is 2.66. The topological polar surface area (TPSA) is 95.7 Å². The first-order valence-corrected chi connectivity index (χ1v) is 6.26. The van der Waals surface area contributed by atoms with Crippen LogP contribution in [0.5, 0.6) is 0 Å². The molecule has 0 aliphatic rings. The number of nitro benzene ring substituents is 1. The summed E-state index contributed by atoms with van der Waals surface area (Å²) in [5, 5.41) is 10.5. The zero-order chi connectivity index (χ0) is 16.9. The Kier molecular flexibility index (Phi) is 5.50. The van der Waals surface area contributed by atoms with E-state index in [9.17, 15) is 28.5 Å². The summed E-state index contributed by atoms with van der Waals surface area (Å²) in [4.78, 5) is 33.0. The number of nitro groups is 1. The van der Waals surface area contributed by atoms with E-state index in [0.29, 0.717) is 12.1 Å². The van der Waals surface area contributed by atoms with E-state index < -0.39 is 39.6 Å². The van der Waals surface area contributed by atoms with Crippen molar-refractivity contribution in [2.24, 2.45) is 0 Å². The van der Waals surface area contributed by atoms with Gasteiger partial charge in [0.2, 0.25) is 5.82 Å². The summed E-state index contributed by atoms with van der Waals surface area (Å²) >= 11 is 0. The molecule has 0 aromatic heterocycles. The third kappa shape index (κ3) is 3.18. The molecule has 0 saturated heterocycles. The van der Waals surface area contributed by atoms with Crippen LogP contribution in [0.1, 0.15) is 19.4 Å². The lowest BCUT2D eigenvalue weighted by atomic mass is 9.95. The number of carbonyl (C=O) groups is 2. The van der Waals surface area contributed by atoms with Crippen molar-refractivity contribution in [1.29, 1.82) is 0 Å². The molecule has 0 heterocycles. The van der Waals surface area contributed by atoms with Gasteiger partial charge < -0.3 is 9.47 Å². The van der Waals surface area contributed by atoms with Crippen LogP contribution in [0.15, 0.2) is 18.2 Å². The van der Waals surface area contributed by atoms with Gasteiger partial charge in [0.15, 0.2) is 0 Å². The Morgan fingerprint density at radius 1 is 1.23 bits per heavy atom. The van der Waals surface area contributed by atoms with E-state index in [1.807, 2.05) is 0 Å². The molecule has 1 rings (SSSR count). The van der Waals surface area contributed by atoms with Crippen molar-refractivity contribution in [2.45, 2.75) is 19.5 Å². The maximum Gasteiger partial charge on any atom is 0.360 e. The molecular formula is C13H13F2NO6. The molecular weight excluding hydrogens is 304 g/mol. The van der Waals surface area contributed by atoms with Crippen LogP contribution < -0.4 is 0 Å². The van der Waals surface area contributed by atoms with E-state index in [1.54, 1.807) is 0 Å². The molecule has 0 aliphatic carbocycles. The van der Waals surface area contributed by atoms with E-state index in [4.69, 9.17) is 0 Å². The summed E-state index contributed by atoms with van der Waals surface area (Å²) in [6.07, 6.45) is 0. The molecule has 1 aromatic carbocycles. The fraction of sp³-hybridized carbons (Fsp3) is 0.385. The zero-order valence-electron chi connectivity index (χ0n) is 11.8. The maximum absolute atomic E-state index is 14.9. The standard InChI is InChI=1S/C13H13F2NO6/c1-3-21-11(17)13(15,12(18)22-4-2)8-5-6-10(16(19)20)9(14)7-8/h5-7H,3-4H2,1-2H3. The molecule has 0 bridgehead atoms. The van der Waals surface area contributed by atoms with Gasteiger partial charge in [0.05, 0.1) is 18.1 Å². The Balaban J connectivity index is 3.39. The number of nitrogens with zero attached hydrogens (tertiary/aromatic N) is 1. The summed E-state index contributed by atoms with van der Waals surface area (Å²) in [7, 11) is 0. The number of halogens is 2. The molecule has 9 heteroatoms. The van der Waals surface area contributed by atoms with Crippen molar-refractivity contribution in [3.05, 3.63) is 39.7 Å². The van der Waals surface area contributed by atoms with Gasteiger partial charge in [0.25, 0.3) is 0 Å². The molecule has 0 aliphatic heterocycles. The van der Waals surface area contributed by atoms with Crippen LogP contribution in [-0.4, -0.2) is 30.1 Å². The molecule has 1 aromatic rings. The normalized spacial score (nSPS) is 10.9. The van der Waals surface area contributed by atoms with E-state index in [0.717, 1.165) is 6.07 Å². The SMILES string of the molecule is CCOC(=O)C(F)(C(=O)OCC)c1ccc([N+](=O)[O-])c(F)c1. The number of benzene rings is 1. The van der Waals surface area contributed by atoms with Crippen molar-refractivity contribution in [3.8, 4) is 0 Å². The van der Waals surface area contributed by atoms with Gasteiger partial charge in [-0.3, -0.25) is 10.1 Å². The Labute approximate surface area is 124 Å². The van der Waals surface area contributed by atoms with Gasteiger partial charge in [-0.1, -0.05) is 0 Å². The summed E-state index contributed by atoms with van der Waals surface area (Å²) < 4.78 is 37.5. The van der Waals surface area contributed by atoms with Crippen molar-refractivity contribution < 1.29 is 32.8 Å². The Bertz CT molecular complexity index is 586. The summed E-state index contributed by atoms with van der Waals surface area (Å²) in [5.41, 5.74) is -5.06. The molecule has 0 unspecified atom stereocenters. The van der Waals surface area contributed by atoms with Gasteiger partial charge in [-0.15, -0.1) is 0 Å². The minimum absolute atomic E-state index is 0.223. The van der Waals surface area contributed by atoms with Crippen molar-refractivity contribution in [3.63, 3.8) is 0 Å². The quantitative estimate of drug-likeness (QED) is 0.345. The van der Waals surface area contributed by atoms with Crippen LogP contribution in [0.25, 0.3) is 0 Å². The highest BCUT2D eigenvalue weighted by Gasteiger charge is 2.52. The van der Waals surface area contributed by atoms with Gasteiger partial charge in [-0.2, -0.15) is 4.39 Å². The predicted molar refractivity (Wildman–Crippen MR) is 69.1 cm³/mol. The number of ether oxygens (including phenoxy) is 2. The molecule has 0 radical (unpaired) electrons. The maximum atomic E-state index is 14.9. The van der Waals surface area contributed by atoms with Crippen molar-refractivity contribution >= 4 is 17.6 Å². The Morgan fingerprint density at radius 3 is 2.09 bits per heavy atom. The highest BCUT2D eigenvalue weighted by atomic mass is 19.1. The fourth-order valence-corrected chi connectivity index (χ4v) is 1.65. The molecule has 7 nitrogen and oxygen atoms in total. The minimum Gasteiger partial charge on any atom is -0.463 e. The number of hydrogen-bond acceptors (Lipinski definition) is 6. The number of rotatable bonds is 6. The van der Waals surface area contributed by atoms with Crippen molar-refractivity contribution in [1.82, 2.24) is 0 Å². The molecule has 0 atom stereocenters. The summed E-state index contributed by atoms with van der Waals surface area (Å²) in [6, 6.07) is 1.80. The molecule has 22 heavy (non-hydrogen) atoms. The smallest absolute Gasteiger partial charge is 0.360 e. The third-order valence-electron chi connectivity index (χ3n) is 2.66. The van der Waals surface area contributed by atoms with E-state index in [-0.39, 0.29) is 13.2 Å². The minimum atomic E-state index is -3.40. The average molecular weight is 317 g/mol. The van der Waals surface area contributed by atoms with Gasteiger partial charge in [0, 0.05) is 11.6 Å². The number of hydrogen-bond donors (Lipinski definition) is 0. The average Bonchev–Trinajstić information content (AvgIpc) is 2.46. The second kappa shape index (κ2) is 6.92. The monoisotopic (exact) mass is 317 g/mol. The highest BCUT2D eigenvalue weighted by Crippen LogP contribution is 2.32. The molecule has 0 spiro atoms. The first-order valence-electron chi connectivity index (χ1n) is 6.26. The Hall–Kier alpha value is -2.58. The zero-order valence-corrected chi connectivity index (χ0v) is 11.8. The molecule has 0 fully saturated rings. The number of alkyl halides is 1. The molecule has 0 amide bonds. The predicted octanol–water partition coefficient (Wildman–Crippen LogP) is 2.02. The second-order valence-corrected chi connectivity index (χ2v) is 4.02. The van der Waals surface area contributed by atoms with Gasteiger partial charge >= 0.3 is 23.3 Å². The van der Waals surface area contributed by atoms with Crippen LogP contribution >= 0.6 is 0 Å². The lowest BCUT2D eigenvalue weighted by molar-refractivity contribution is -0.387. The van der Waals surface area contributed by atoms with Gasteiger partial charge in [-0.25, -0.2) is 14.0 Å². The van der Waals surface area contributed by atoms with Crippen LogP contribution in [0.3, 0.4) is 0 Å². The molecule has 120 valence electrons. The molecule has 0 saturated carbocycles. The van der Waals surface area contributed by atoms with Crippen molar-refractivity contribution in [2.75, 3.05) is 13.2 Å². The largest absolute Gasteiger partial charge is 0.463 e.